The maximum Gasteiger partial charge on any atom is 0.223 e. The van der Waals surface area contributed by atoms with Gasteiger partial charge in [-0.05, 0) is 93.9 Å². The van der Waals surface area contributed by atoms with E-state index in [1.807, 2.05) is 20.8 Å². The minimum atomic E-state index is -0.305. The molecule has 0 spiro atoms. The molecule has 1 saturated carbocycles. The van der Waals surface area contributed by atoms with E-state index in [1.165, 1.54) is 0 Å². The Morgan fingerprint density at radius 1 is 0.743 bits per heavy atom. The molecule has 1 saturated heterocycles. The van der Waals surface area contributed by atoms with Crippen LogP contribution in [0.3, 0.4) is 0 Å². The fourth-order valence-electron chi connectivity index (χ4n) is 6.71. The Balaban J connectivity index is 1.92. The van der Waals surface area contributed by atoms with Gasteiger partial charge in [-0.3, -0.25) is 19.4 Å². The van der Waals surface area contributed by atoms with E-state index in [2.05, 4.69) is 70.5 Å². The number of hydrogen-bond donors (Lipinski definition) is 2. The molecule has 2 aliphatic rings. The van der Waals surface area contributed by atoms with Crippen LogP contribution in [0.5, 0.6) is 0 Å². The molecule has 2 fully saturated rings. The van der Waals surface area contributed by atoms with Crippen LogP contribution in [0.2, 0.25) is 0 Å². The zero-order valence-corrected chi connectivity index (χ0v) is 24.8. The van der Waals surface area contributed by atoms with E-state index in [4.69, 9.17) is 5.73 Å². The molecule has 0 aromatic rings. The van der Waals surface area contributed by atoms with Gasteiger partial charge in [0.2, 0.25) is 5.91 Å². The molecule has 0 atom stereocenters. The number of nitrogens with zero attached hydrogens (tertiary/aromatic N) is 2. The van der Waals surface area contributed by atoms with Crippen molar-refractivity contribution in [2.75, 3.05) is 19.8 Å². The van der Waals surface area contributed by atoms with Gasteiger partial charge in [-0.15, -0.1) is 0 Å². The molecule has 35 heavy (non-hydrogen) atoms. The lowest BCUT2D eigenvalue weighted by atomic mass is 9.73. The highest BCUT2D eigenvalue weighted by Crippen LogP contribution is 2.36. The van der Waals surface area contributed by atoms with Gasteiger partial charge in [0.25, 0.3) is 0 Å². The fraction of sp³-hybridized carbons (Fsp3) is 0.931. The van der Waals surface area contributed by atoms with Gasteiger partial charge in [0.15, 0.2) is 0 Å². The fourth-order valence-corrected chi connectivity index (χ4v) is 6.71. The number of amides is 1. The van der Waals surface area contributed by atoms with Crippen molar-refractivity contribution in [1.29, 1.82) is 0 Å². The Hall–Kier alpha value is -0.980. The van der Waals surface area contributed by atoms with E-state index in [1.54, 1.807) is 0 Å². The van der Waals surface area contributed by atoms with E-state index in [0.29, 0.717) is 5.78 Å². The first-order chi connectivity index (χ1) is 15.6. The maximum absolute atomic E-state index is 13.2. The molecule has 2 rings (SSSR count). The number of carbonyl (C=O) groups excluding carboxylic acids is 2. The minimum absolute atomic E-state index is 0.0177. The van der Waals surface area contributed by atoms with Crippen LogP contribution in [-0.4, -0.2) is 63.4 Å². The molecule has 0 aromatic carbocycles. The highest BCUT2D eigenvalue weighted by molar-refractivity contribution is 5.86. The smallest absolute Gasteiger partial charge is 0.223 e. The average Bonchev–Trinajstić information content (AvgIpc) is 3.16. The van der Waals surface area contributed by atoms with Gasteiger partial charge in [-0.2, -0.15) is 0 Å². The molecule has 204 valence electrons. The molecule has 1 heterocycles. The Bertz CT molecular complexity index is 750. The minimum Gasteiger partial charge on any atom is -0.351 e. The summed E-state index contributed by atoms with van der Waals surface area (Å²) in [6, 6.07) is 0. The Kier molecular flexibility index (Phi) is 9.00. The second-order valence-electron chi connectivity index (χ2n) is 15.2. The van der Waals surface area contributed by atoms with Crippen LogP contribution in [0.15, 0.2) is 0 Å². The van der Waals surface area contributed by atoms with Gasteiger partial charge in [0.05, 0.1) is 6.67 Å². The molecule has 1 amide bonds. The molecule has 0 aromatic heterocycles. The molecular formula is C29H56N4O2. The monoisotopic (exact) mass is 492 g/mol. The summed E-state index contributed by atoms with van der Waals surface area (Å²) >= 11 is 0. The number of hydrogen-bond acceptors (Lipinski definition) is 5. The molecule has 1 aliphatic carbocycles. The van der Waals surface area contributed by atoms with Crippen molar-refractivity contribution in [3.8, 4) is 0 Å². The topological polar surface area (TPSA) is 78.7 Å². The van der Waals surface area contributed by atoms with Gasteiger partial charge in [-0.25, -0.2) is 0 Å². The van der Waals surface area contributed by atoms with Crippen molar-refractivity contribution in [1.82, 2.24) is 15.1 Å². The highest BCUT2D eigenvalue weighted by atomic mass is 16.2. The zero-order chi connectivity index (χ0) is 27.0. The SMILES string of the molecule is CC(C)(N)CC(C)(C)N1CCN(C(C)(C)CC(C)(C)NC(=O)C2CCC(C(=O)C(C)(C)C)CC2)C1. The van der Waals surface area contributed by atoms with Crippen LogP contribution < -0.4 is 11.1 Å². The second kappa shape index (κ2) is 10.4. The van der Waals surface area contributed by atoms with Crippen molar-refractivity contribution in [2.45, 2.75) is 137 Å². The third-order valence-electron chi connectivity index (χ3n) is 8.13. The molecule has 6 nitrogen and oxygen atoms in total. The van der Waals surface area contributed by atoms with Crippen LogP contribution in [0.4, 0.5) is 0 Å². The summed E-state index contributed by atoms with van der Waals surface area (Å²) in [6.07, 6.45) is 5.11. The summed E-state index contributed by atoms with van der Waals surface area (Å²) in [6.45, 7) is 26.7. The van der Waals surface area contributed by atoms with Crippen LogP contribution in [0, 0.1) is 17.3 Å². The largest absolute Gasteiger partial charge is 0.351 e. The summed E-state index contributed by atoms with van der Waals surface area (Å²) in [7, 11) is 0. The van der Waals surface area contributed by atoms with E-state index in [9.17, 15) is 9.59 Å². The number of ketones is 1. The van der Waals surface area contributed by atoms with E-state index in [-0.39, 0.29) is 45.3 Å². The van der Waals surface area contributed by atoms with E-state index in [0.717, 1.165) is 58.3 Å². The third-order valence-corrected chi connectivity index (χ3v) is 8.13. The maximum atomic E-state index is 13.2. The second-order valence-corrected chi connectivity index (χ2v) is 15.2. The number of carbonyl (C=O) groups is 2. The lowest BCUT2D eigenvalue weighted by Gasteiger charge is -2.44. The average molecular weight is 493 g/mol. The molecule has 3 N–H and O–H groups in total. The van der Waals surface area contributed by atoms with Crippen molar-refractivity contribution >= 4 is 11.7 Å². The molecule has 0 unspecified atom stereocenters. The summed E-state index contributed by atoms with van der Waals surface area (Å²) in [5, 5.41) is 3.37. The molecular weight excluding hydrogens is 436 g/mol. The molecule has 6 heteroatoms. The number of nitrogens with one attached hydrogen (secondary N) is 1. The van der Waals surface area contributed by atoms with Crippen molar-refractivity contribution in [2.24, 2.45) is 23.0 Å². The van der Waals surface area contributed by atoms with Crippen LogP contribution in [0.1, 0.15) is 115 Å². The number of rotatable bonds is 9. The first-order valence-corrected chi connectivity index (χ1v) is 13.8. The quantitative estimate of drug-likeness (QED) is 0.476. The number of Topliss-reactive ketones (excluding diaryl/α,β-unsaturated/α-hetero) is 1. The van der Waals surface area contributed by atoms with Crippen molar-refractivity contribution in [3.05, 3.63) is 0 Å². The van der Waals surface area contributed by atoms with Crippen LogP contribution in [-0.2, 0) is 9.59 Å². The zero-order valence-electron chi connectivity index (χ0n) is 24.8. The summed E-state index contributed by atoms with van der Waals surface area (Å²) < 4.78 is 0. The Morgan fingerprint density at radius 2 is 1.17 bits per heavy atom. The van der Waals surface area contributed by atoms with Crippen LogP contribution >= 0.6 is 0 Å². The van der Waals surface area contributed by atoms with Gasteiger partial charge < -0.3 is 11.1 Å². The van der Waals surface area contributed by atoms with E-state index >= 15 is 0 Å². The third kappa shape index (κ3) is 8.53. The molecule has 0 bridgehead atoms. The van der Waals surface area contributed by atoms with Crippen LogP contribution in [0.25, 0.3) is 0 Å². The number of nitrogens with two attached hydrogens (primary N) is 1. The standard InChI is InChI=1S/C29H56N4O2/c1-25(2,3)23(34)21-12-14-22(15-13-21)24(35)31-27(6,7)19-29(10,11)33-17-16-32(20-33)28(8,9)18-26(4,5)30/h21-22H,12-20,30H2,1-11H3,(H,31,35). The summed E-state index contributed by atoms with van der Waals surface area (Å²) in [4.78, 5) is 30.9. The van der Waals surface area contributed by atoms with Gasteiger partial charge in [0, 0.05) is 52.5 Å². The Labute approximate surface area is 216 Å². The summed E-state index contributed by atoms with van der Waals surface area (Å²) in [5.41, 5.74) is 5.54. The molecule has 1 aliphatic heterocycles. The van der Waals surface area contributed by atoms with Crippen molar-refractivity contribution in [3.63, 3.8) is 0 Å². The molecule has 0 radical (unpaired) electrons. The van der Waals surface area contributed by atoms with Gasteiger partial charge >= 0.3 is 0 Å². The van der Waals surface area contributed by atoms with Gasteiger partial charge in [-0.1, -0.05) is 20.8 Å². The first kappa shape index (κ1) is 30.2. The lowest BCUT2D eigenvalue weighted by molar-refractivity contribution is -0.134. The first-order valence-electron chi connectivity index (χ1n) is 13.8. The van der Waals surface area contributed by atoms with Gasteiger partial charge in [0.1, 0.15) is 5.78 Å². The Morgan fingerprint density at radius 3 is 1.60 bits per heavy atom. The predicted octanol–water partition coefficient (Wildman–Crippen LogP) is 4.95. The highest BCUT2D eigenvalue weighted by Gasteiger charge is 2.42. The lowest BCUT2D eigenvalue weighted by Crippen LogP contribution is -2.55. The predicted molar refractivity (Wildman–Crippen MR) is 146 cm³/mol. The van der Waals surface area contributed by atoms with E-state index < -0.39 is 0 Å². The summed E-state index contributed by atoms with van der Waals surface area (Å²) in [5.74, 6) is 0.625. The van der Waals surface area contributed by atoms with Crippen molar-refractivity contribution < 1.29 is 9.59 Å². The normalized spacial score (nSPS) is 24.0.